The van der Waals surface area contributed by atoms with Crippen LogP contribution >= 0.6 is 0 Å². The van der Waals surface area contributed by atoms with Gasteiger partial charge in [-0.05, 0) is 54.4 Å². The molecule has 106 valence electrons. The van der Waals surface area contributed by atoms with Gasteiger partial charge in [0.1, 0.15) is 5.60 Å². The van der Waals surface area contributed by atoms with Gasteiger partial charge < -0.3 is 15.4 Å². The van der Waals surface area contributed by atoms with Crippen molar-refractivity contribution in [3.05, 3.63) is 0 Å². The SMILES string of the molecule is CC(C)N(CC1(C(C)N)CC1)C(=O)OC(C)(C)C. The molecule has 0 saturated heterocycles. The molecule has 0 aliphatic heterocycles. The molecule has 0 bridgehead atoms. The van der Waals surface area contributed by atoms with Crippen LogP contribution in [0.5, 0.6) is 0 Å². The molecule has 4 nitrogen and oxygen atoms in total. The zero-order valence-corrected chi connectivity index (χ0v) is 12.6. The van der Waals surface area contributed by atoms with Crippen molar-refractivity contribution in [2.24, 2.45) is 11.1 Å². The van der Waals surface area contributed by atoms with Crippen LogP contribution in [0.2, 0.25) is 0 Å². The molecule has 0 spiro atoms. The Hall–Kier alpha value is -0.770. The Morgan fingerprint density at radius 1 is 1.33 bits per heavy atom. The van der Waals surface area contributed by atoms with E-state index in [-0.39, 0.29) is 23.6 Å². The summed E-state index contributed by atoms with van der Waals surface area (Å²) in [6, 6.07) is 0.261. The normalized spacial score (nSPS) is 19.6. The van der Waals surface area contributed by atoms with Gasteiger partial charge in [0.05, 0.1) is 0 Å². The number of amides is 1. The van der Waals surface area contributed by atoms with Gasteiger partial charge in [-0.3, -0.25) is 0 Å². The van der Waals surface area contributed by atoms with E-state index in [1.54, 1.807) is 0 Å². The van der Waals surface area contributed by atoms with Gasteiger partial charge in [0.15, 0.2) is 0 Å². The maximum atomic E-state index is 12.2. The summed E-state index contributed by atoms with van der Waals surface area (Å²) in [6.07, 6.45) is 1.98. The quantitative estimate of drug-likeness (QED) is 0.841. The van der Waals surface area contributed by atoms with Crippen LogP contribution in [0.25, 0.3) is 0 Å². The van der Waals surface area contributed by atoms with Crippen LogP contribution in [-0.4, -0.2) is 35.2 Å². The third-order valence-electron chi connectivity index (χ3n) is 3.59. The van der Waals surface area contributed by atoms with Gasteiger partial charge in [-0.25, -0.2) is 4.79 Å². The van der Waals surface area contributed by atoms with Crippen LogP contribution < -0.4 is 5.73 Å². The minimum atomic E-state index is -0.449. The molecule has 4 heteroatoms. The lowest BCUT2D eigenvalue weighted by atomic mass is 9.97. The second kappa shape index (κ2) is 5.08. The number of rotatable bonds is 4. The fourth-order valence-corrected chi connectivity index (χ4v) is 2.04. The summed E-state index contributed by atoms with van der Waals surface area (Å²) in [6.45, 7) is 12.4. The molecule has 2 N–H and O–H groups in total. The molecule has 0 aromatic rings. The van der Waals surface area contributed by atoms with Gasteiger partial charge in [0, 0.05) is 24.0 Å². The first kappa shape index (κ1) is 15.3. The second-order valence-corrected chi connectivity index (χ2v) is 6.85. The smallest absolute Gasteiger partial charge is 0.410 e. The average Bonchev–Trinajstić information content (AvgIpc) is 2.91. The summed E-state index contributed by atoms with van der Waals surface area (Å²) in [7, 11) is 0. The van der Waals surface area contributed by atoms with Gasteiger partial charge in [0.25, 0.3) is 0 Å². The number of carbonyl (C=O) groups is 1. The predicted octanol–water partition coefficient (Wildman–Crippen LogP) is 2.76. The number of hydrogen-bond acceptors (Lipinski definition) is 3. The van der Waals surface area contributed by atoms with E-state index in [9.17, 15) is 4.79 Å². The van der Waals surface area contributed by atoms with Crippen molar-refractivity contribution in [2.75, 3.05) is 6.54 Å². The Kier molecular flexibility index (Phi) is 4.31. The molecule has 0 heterocycles. The predicted molar refractivity (Wildman–Crippen MR) is 73.4 cm³/mol. The molecule has 0 aromatic carbocycles. The van der Waals surface area contributed by atoms with E-state index >= 15 is 0 Å². The Labute approximate surface area is 111 Å². The van der Waals surface area contributed by atoms with Crippen LogP contribution in [0.1, 0.15) is 54.4 Å². The van der Waals surface area contributed by atoms with Crippen LogP contribution in [0, 0.1) is 5.41 Å². The van der Waals surface area contributed by atoms with Crippen molar-refractivity contribution in [1.82, 2.24) is 4.90 Å². The molecule has 0 aromatic heterocycles. The molecule has 1 unspecified atom stereocenters. The Bertz CT molecular complexity index is 301. The summed E-state index contributed by atoms with van der Waals surface area (Å²) >= 11 is 0. The Morgan fingerprint density at radius 3 is 2.11 bits per heavy atom. The number of carbonyl (C=O) groups excluding carboxylic acids is 1. The fraction of sp³-hybridized carbons (Fsp3) is 0.929. The number of nitrogens with zero attached hydrogens (tertiary/aromatic N) is 1. The molecule has 1 amide bonds. The minimum Gasteiger partial charge on any atom is -0.444 e. The average molecular weight is 256 g/mol. The zero-order chi connectivity index (χ0) is 14.1. The van der Waals surface area contributed by atoms with E-state index in [0.717, 1.165) is 12.8 Å². The highest BCUT2D eigenvalue weighted by atomic mass is 16.6. The molecule has 1 aliphatic rings. The maximum absolute atomic E-state index is 12.2. The first-order valence-electron chi connectivity index (χ1n) is 6.83. The fourth-order valence-electron chi connectivity index (χ4n) is 2.04. The van der Waals surface area contributed by atoms with E-state index in [0.29, 0.717) is 6.54 Å². The van der Waals surface area contributed by atoms with E-state index in [4.69, 9.17) is 10.5 Å². The van der Waals surface area contributed by atoms with Crippen molar-refractivity contribution in [2.45, 2.75) is 72.1 Å². The molecule has 0 radical (unpaired) electrons. The topological polar surface area (TPSA) is 55.6 Å². The number of hydrogen-bond donors (Lipinski definition) is 1. The maximum Gasteiger partial charge on any atom is 0.410 e. The largest absolute Gasteiger partial charge is 0.444 e. The van der Waals surface area contributed by atoms with Gasteiger partial charge in [0.2, 0.25) is 0 Å². The first-order valence-corrected chi connectivity index (χ1v) is 6.83. The van der Waals surface area contributed by atoms with Gasteiger partial charge >= 0.3 is 6.09 Å². The molecule has 18 heavy (non-hydrogen) atoms. The Balaban J connectivity index is 2.69. The van der Waals surface area contributed by atoms with Crippen molar-refractivity contribution in [3.8, 4) is 0 Å². The summed E-state index contributed by atoms with van der Waals surface area (Å²) in [5, 5.41) is 0. The summed E-state index contributed by atoms with van der Waals surface area (Å²) in [5.41, 5.74) is 5.69. The lowest BCUT2D eigenvalue weighted by Crippen LogP contribution is -2.47. The van der Waals surface area contributed by atoms with Gasteiger partial charge in [-0.2, -0.15) is 0 Å². The van der Waals surface area contributed by atoms with Crippen molar-refractivity contribution >= 4 is 6.09 Å². The van der Waals surface area contributed by atoms with E-state index in [1.807, 2.05) is 46.4 Å². The lowest BCUT2D eigenvalue weighted by Gasteiger charge is -2.34. The highest BCUT2D eigenvalue weighted by Crippen LogP contribution is 2.48. The lowest BCUT2D eigenvalue weighted by molar-refractivity contribution is 0.0136. The first-order chi connectivity index (χ1) is 8.07. The van der Waals surface area contributed by atoms with E-state index in [1.165, 1.54) is 0 Å². The molecule has 1 rings (SSSR count). The molecule has 1 fully saturated rings. The number of ether oxygens (including phenoxy) is 1. The molecular weight excluding hydrogens is 228 g/mol. The van der Waals surface area contributed by atoms with Gasteiger partial charge in [-0.15, -0.1) is 0 Å². The third kappa shape index (κ3) is 3.87. The van der Waals surface area contributed by atoms with Crippen molar-refractivity contribution < 1.29 is 9.53 Å². The van der Waals surface area contributed by atoms with Gasteiger partial charge in [-0.1, -0.05) is 0 Å². The van der Waals surface area contributed by atoms with E-state index < -0.39 is 5.60 Å². The monoisotopic (exact) mass is 256 g/mol. The van der Waals surface area contributed by atoms with Crippen LogP contribution in [0.15, 0.2) is 0 Å². The van der Waals surface area contributed by atoms with Crippen molar-refractivity contribution in [1.29, 1.82) is 0 Å². The molecule has 1 atom stereocenters. The van der Waals surface area contributed by atoms with Crippen LogP contribution in [0.3, 0.4) is 0 Å². The molecular formula is C14H28N2O2. The summed E-state index contributed by atoms with van der Waals surface area (Å²) in [5.74, 6) is 0. The number of nitrogens with two attached hydrogens (primary N) is 1. The third-order valence-corrected chi connectivity index (χ3v) is 3.59. The Morgan fingerprint density at radius 2 is 1.83 bits per heavy atom. The van der Waals surface area contributed by atoms with Crippen molar-refractivity contribution in [3.63, 3.8) is 0 Å². The van der Waals surface area contributed by atoms with Crippen LogP contribution in [-0.2, 0) is 4.74 Å². The van der Waals surface area contributed by atoms with E-state index in [2.05, 4.69) is 0 Å². The minimum absolute atomic E-state index is 0.112. The standard InChI is InChI=1S/C14H28N2O2/c1-10(2)16(12(17)18-13(4,5)6)9-14(7-8-14)11(3)15/h10-11H,7-9,15H2,1-6H3. The molecule has 1 aliphatic carbocycles. The highest BCUT2D eigenvalue weighted by molar-refractivity contribution is 5.68. The zero-order valence-electron chi connectivity index (χ0n) is 12.6. The second-order valence-electron chi connectivity index (χ2n) is 6.85. The summed E-state index contributed by atoms with van der Waals surface area (Å²) < 4.78 is 5.46. The van der Waals surface area contributed by atoms with Crippen LogP contribution in [0.4, 0.5) is 4.79 Å². The highest BCUT2D eigenvalue weighted by Gasteiger charge is 2.48. The molecule has 1 saturated carbocycles. The summed E-state index contributed by atoms with van der Waals surface area (Å²) in [4.78, 5) is 14.0.